The van der Waals surface area contributed by atoms with Gasteiger partial charge in [-0.1, -0.05) is 36.8 Å². The number of amides is 6. The molecule has 27 heteroatoms. The van der Waals surface area contributed by atoms with Crippen LogP contribution in [0.4, 0.5) is 0 Å². The zero-order valence-corrected chi connectivity index (χ0v) is 40.1. The summed E-state index contributed by atoms with van der Waals surface area (Å²) in [6.45, 7) is -0.217. The Labute approximate surface area is 411 Å². The number of hydrogen-bond donors (Lipinski definition) is 10. The average molecular weight is 1010 g/mol. The minimum Gasteiger partial charge on any atom is -0.481 e. The van der Waals surface area contributed by atoms with Gasteiger partial charge in [-0.3, -0.25) is 72.5 Å². The molecule has 27 nitrogen and oxygen atoms in total. The number of aliphatic imine (C=N–C) groups is 1. The lowest BCUT2D eigenvalue weighted by molar-refractivity contribution is -0.146. The van der Waals surface area contributed by atoms with Gasteiger partial charge in [0.2, 0.25) is 35.4 Å². The van der Waals surface area contributed by atoms with E-state index in [1.807, 2.05) is 35.2 Å². The van der Waals surface area contributed by atoms with E-state index < -0.39 is 73.1 Å². The number of unbranched alkanes of at least 4 members (excludes halogenated alkanes) is 2. The minimum atomic E-state index is -1.42. The fourth-order valence-corrected chi connectivity index (χ4v) is 7.46. The lowest BCUT2D eigenvalue weighted by Gasteiger charge is -2.32. The summed E-state index contributed by atoms with van der Waals surface area (Å²) >= 11 is 0. The maximum atomic E-state index is 13.5. The van der Waals surface area contributed by atoms with Crippen molar-refractivity contribution in [3.8, 4) is 0 Å². The second-order valence-electron chi connectivity index (χ2n) is 16.9. The topological polar surface area (TPSA) is 398 Å². The third-order valence-electron chi connectivity index (χ3n) is 10.9. The molecule has 6 amide bonds. The van der Waals surface area contributed by atoms with Crippen LogP contribution in [0.1, 0.15) is 44.1 Å². The van der Waals surface area contributed by atoms with Crippen LogP contribution in [-0.4, -0.2) is 245 Å². The van der Waals surface area contributed by atoms with Gasteiger partial charge in [0, 0.05) is 91.4 Å². The molecule has 0 unspecified atom stereocenters. The van der Waals surface area contributed by atoms with Crippen LogP contribution in [0, 0.1) is 0 Å². The van der Waals surface area contributed by atoms with Gasteiger partial charge in [-0.25, -0.2) is 0 Å². The standard InChI is InChI=1S/C44H71N13O14/c45-34(58)26-56(39(63)24-40(64)65)14-13-49-37(61)28-57(38(62)10-12-50-44(46)47)25-33(23-32-7-3-1-4-8-32)51-35(59)9-5-2-6-11-48-36(60)27-52-15-17-53(29-41(66)67)19-21-55(31-43(70)71)22-20-54(18-16-52)30-42(68)69/h1,3-4,7-8,33H,2,5-6,9-31H2,(H2,45,58)(H,48,60)(H,49,61)(H,51,59)(H,64,65)(H,66,67)(H,68,69)(H,70,71)(H4,46,47,50)/t33-/m0/s1. The average Bonchev–Trinajstić information content (AvgIpc) is 3.27. The zero-order valence-electron chi connectivity index (χ0n) is 40.1. The quantitative estimate of drug-likeness (QED) is 0.0145. The summed E-state index contributed by atoms with van der Waals surface area (Å²) in [7, 11) is 0. The highest BCUT2D eigenvalue weighted by molar-refractivity contribution is 5.95. The number of aliphatic carboxylic acids is 4. The number of carbonyl (C=O) groups excluding carboxylic acids is 6. The predicted molar refractivity (Wildman–Crippen MR) is 255 cm³/mol. The molecular weight excluding hydrogens is 935 g/mol. The smallest absolute Gasteiger partial charge is 0.317 e. The first-order valence-electron chi connectivity index (χ1n) is 23.2. The summed E-state index contributed by atoms with van der Waals surface area (Å²) in [5.41, 5.74) is 16.9. The minimum absolute atomic E-state index is 0.0428. The monoisotopic (exact) mass is 1010 g/mol. The molecule has 1 aliphatic rings. The van der Waals surface area contributed by atoms with Crippen LogP contribution in [0.3, 0.4) is 0 Å². The third-order valence-corrected chi connectivity index (χ3v) is 10.9. The van der Waals surface area contributed by atoms with Crippen LogP contribution in [0.25, 0.3) is 0 Å². The van der Waals surface area contributed by atoms with Crippen molar-refractivity contribution in [1.82, 2.24) is 45.3 Å². The molecule has 71 heavy (non-hydrogen) atoms. The van der Waals surface area contributed by atoms with Crippen molar-refractivity contribution in [2.75, 3.05) is 124 Å². The molecule has 1 aromatic rings. The fourth-order valence-electron chi connectivity index (χ4n) is 7.46. The second kappa shape index (κ2) is 33.5. The maximum absolute atomic E-state index is 13.5. The molecule has 0 spiro atoms. The summed E-state index contributed by atoms with van der Waals surface area (Å²) in [5, 5.41) is 45.8. The van der Waals surface area contributed by atoms with Crippen LogP contribution in [-0.2, 0) is 54.4 Å². The Balaban J connectivity index is 2.04. The van der Waals surface area contributed by atoms with E-state index in [1.165, 1.54) is 4.90 Å². The number of rotatable bonds is 31. The molecule has 13 N–H and O–H groups in total. The van der Waals surface area contributed by atoms with Gasteiger partial charge in [0.15, 0.2) is 5.96 Å². The van der Waals surface area contributed by atoms with E-state index in [0.717, 1.165) is 10.5 Å². The number of nitrogens with one attached hydrogen (secondary N) is 3. The van der Waals surface area contributed by atoms with Gasteiger partial charge in [-0.05, 0) is 24.8 Å². The van der Waals surface area contributed by atoms with E-state index >= 15 is 0 Å². The molecule has 2 rings (SSSR count). The molecule has 0 radical (unpaired) electrons. The van der Waals surface area contributed by atoms with E-state index in [9.17, 15) is 63.3 Å². The van der Waals surface area contributed by atoms with Crippen LogP contribution in [0.2, 0.25) is 0 Å². The lowest BCUT2D eigenvalue weighted by atomic mass is 10.0. The predicted octanol–water partition coefficient (Wildman–Crippen LogP) is -4.74. The second-order valence-corrected chi connectivity index (χ2v) is 16.9. The van der Waals surface area contributed by atoms with Crippen LogP contribution in [0.5, 0.6) is 0 Å². The Morgan fingerprint density at radius 1 is 0.577 bits per heavy atom. The molecule has 0 saturated carbocycles. The lowest BCUT2D eigenvalue weighted by Crippen LogP contribution is -2.50. The van der Waals surface area contributed by atoms with Crippen molar-refractivity contribution in [1.29, 1.82) is 0 Å². The molecular formula is C44H71N13O14. The largest absolute Gasteiger partial charge is 0.481 e. The van der Waals surface area contributed by atoms with E-state index in [1.54, 1.807) is 14.7 Å². The number of nitrogens with two attached hydrogens (primary N) is 3. The highest BCUT2D eigenvalue weighted by atomic mass is 16.4. The van der Waals surface area contributed by atoms with Crippen molar-refractivity contribution in [2.24, 2.45) is 22.2 Å². The summed E-state index contributed by atoms with van der Waals surface area (Å²) in [6.07, 6.45) is 0.829. The molecule has 1 heterocycles. The van der Waals surface area contributed by atoms with Gasteiger partial charge in [-0.15, -0.1) is 0 Å². The van der Waals surface area contributed by atoms with Gasteiger partial charge in [-0.2, -0.15) is 0 Å². The number of nitrogens with zero attached hydrogens (tertiary/aromatic N) is 7. The van der Waals surface area contributed by atoms with Gasteiger partial charge < -0.3 is 63.4 Å². The highest BCUT2D eigenvalue weighted by Crippen LogP contribution is 2.09. The summed E-state index contributed by atoms with van der Waals surface area (Å²) < 4.78 is 0. The van der Waals surface area contributed by atoms with Crippen molar-refractivity contribution in [2.45, 2.75) is 51.0 Å². The van der Waals surface area contributed by atoms with Crippen LogP contribution in [0.15, 0.2) is 35.3 Å². The number of benzene rings is 1. The summed E-state index contributed by atoms with van der Waals surface area (Å²) in [5.74, 6) is -8.41. The van der Waals surface area contributed by atoms with Crippen LogP contribution < -0.4 is 33.2 Å². The summed E-state index contributed by atoms with van der Waals surface area (Å²) in [6, 6.07) is 8.45. The van der Waals surface area contributed by atoms with Crippen molar-refractivity contribution in [3.63, 3.8) is 0 Å². The SMILES string of the molecule is NC(=O)CN(CCNC(=O)CN(C[C@H](Cc1ccccc1)NC(=O)CCCCCNC(=O)CN1CCN(CC(=O)O)CCN(CC(=O)O)CCN(CC(=O)O)CC1)C(=O)CCN=C(N)N)C(=O)CC(=O)O. The van der Waals surface area contributed by atoms with Gasteiger partial charge >= 0.3 is 23.9 Å². The van der Waals surface area contributed by atoms with E-state index in [-0.39, 0.29) is 142 Å². The molecule has 396 valence electrons. The van der Waals surface area contributed by atoms with Crippen LogP contribution >= 0.6 is 0 Å². The molecule has 0 aliphatic carbocycles. The normalized spacial score (nSPS) is 14.6. The molecule has 1 aromatic carbocycles. The summed E-state index contributed by atoms with van der Waals surface area (Å²) in [4.78, 5) is 135. The highest BCUT2D eigenvalue weighted by Gasteiger charge is 2.25. The Bertz CT molecular complexity index is 1920. The maximum Gasteiger partial charge on any atom is 0.317 e. The Morgan fingerprint density at radius 2 is 1.10 bits per heavy atom. The fraction of sp³-hybridized carbons (Fsp3) is 0.614. The Kier molecular flexibility index (Phi) is 28.4. The van der Waals surface area contributed by atoms with E-state index in [2.05, 4.69) is 20.9 Å². The molecule has 0 bridgehead atoms. The molecule has 0 aromatic heterocycles. The zero-order chi connectivity index (χ0) is 52.7. The van der Waals surface area contributed by atoms with Gasteiger partial charge in [0.25, 0.3) is 0 Å². The first-order chi connectivity index (χ1) is 33.7. The van der Waals surface area contributed by atoms with Crippen molar-refractivity contribution >= 4 is 65.3 Å². The number of guanidine groups is 1. The first-order valence-corrected chi connectivity index (χ1v) is 23.2. The number of carboxylic acids is 4. The molecule has 1 saturated heterocycles. The first kappa shape index (κ1) is 60.2. The third kappa shape index (κ3) is 29.0. The number of carbonyl (C=O) groups is 10. The van der Waals surface area contributed by atoms with E-state index in [0.29, 0.717) is 25.8 Å². The Hall–Kier alpha value is -6.97. The van der Waals surface area contributed by atoms with Crippen molar-refractivity contribution < 1.29 is 68.4 Å². The molecule has 1 aliphatic heterocycles. The van der Waals surface area contributed by atoms with Gasteiger partial charge in [0.1, 0.15) is 6.42 Å². The number of hydrogen-bond acceptors (Lipinski definition) is 15. The number of carboxylic acid groups (broad SMARTS) is 4. The molecule has 1 fully saturated rings. The Morgan fingerprint density at radius 3 is 1.59 bits per heavy atom. The van der Waals surface area contributed by atoms with Gasteiger partial charge in [0.05, 0.1) is 51.9 Å². The number of primary amides is 1. The van der Waals surface area contributed by atoms with E-state index in [4.69, 9.17) is 22.3 Å². The van der Waals surface area contributed by atoms with Crippen molar-refractivity contribution in [3.05, 3.63) is 35.9 Å². The molecule has 1 atom stereocenters.